The first-order valence-electron chi connectivity index (χ1n) is 10.5. The Morgan fingerprint density at radius 3 is 2.39 bits per heavy atom. The molecule has 0 unspecified atom stereocenters. The number of hydrogen-bond donors (Lipinski definition) is 1. The number of hydrogen-bond acceptors (Lipinski definition) is 5. The number of rotatable bonds is 4. The summed E-state index contributed by atoms with van der Waals surface area (Å²) in [7, 11) is 1.80. The van der Waals surface area contributed by atoms with Gasteiger partial charge in [0, 0.05) is 37.0 Å². The third-order valence-corrected chi connectivity index (χ3v) is 5.70. The van der Waals surface area contributed by atoms with Gasteiger partial charge in [0.05, 0.1) is 34.5 Å². The van der Waals surface area contributed by atoms with Crippen molar-refractivity contribution in [2.45, 2.75) is 33.4 Å². The van der Waals surface area contributed by atoms with Gasteiger partial charge in [0.15, 0.2) is 0 Å². The van der Waals surface area contributed by atoms with Gasteiger partial charge < -0.3 is 4.98 Å². The Labute approximate surface area is 193 Å². The Kier molecular flexibility index (Phi) is 6.10. The standard InChI is InChI=1S/C23H24N6O.O2S/c1-5-28-13-16(11-25-28)20-18(15-9-7-6-8-10-15)19-21-17(12-24-22(19)26-20)27(4)23(30)29(21)14(2)3;1-3-2/h6-14H,5H2,1-4H3,(H,24,26);. The SMILES string of the molecule is CCn1cc(-c2[nH]c3ncc4c(c3c2-c2ccccc2)n(C(C)C)c(=O)n4C)cn1.O=S=O. The lowest BCUT2D eigenvalue weighted by Crippen LogP contribution is -2.23. The molecule has 0 atom stereocenters. The summed E-state index contributed by atoms with van der Waals surface area (Å²) in [5, 5.41) is 5.42. The van der Waals surface area contributed by atoms with Crippen LogP contribution in [0.5, 0.6) is 0 Å². The predicted octanol–water partition coefficient (Wildman–Crippen LogP) is 3.68. The maximum atomic E-state index is 13.0. The van der Waals surface area contributed by atoms with E-state index in [1.54, 1.807) is 17.8 Å². The normalized spacial score (nSPS) is 11.2. The quantitative estimate of drug-likeness (QED) is 0.437. The molecular formula is C23H24N6O3S. The molecular weight excluding hydrogens is 440 g/mol. The highest BCUT2D eigenvalue weighted by molar-refractivity contribution is 7.51. The maximum Gasteiger partial charge on any atom is 0.335 e. The van der Waals surface area contributed by atoms with Crippen molar-refractivity contribution in [3.8, 4) is 22.4 Å². The van der Waals surface area contributed by atoms with E-state index in [1.165, 1.54) is 0 Å². The van der Waals surface area contributed by atoms with E-state index < -0.39 is 11.6 Å². The Bertz CT molecular complexity index is 1540. The fraction of sp³-hybridized carbons (Fsp3) is 0.261. The van der Waals surface area contributed by atoms with Crippen LogP contribution in [0.15, 0.2) is 53.7 Å². The lowest BCUT2D eigenvalue weighted by molar-refractivity contribution is 0.584. The van der Waals surface area contributed by atoms with Crippen molar-refractivity contribution in [3.63, 3.8) is 0 Å². The molecule has 0 aliphatic carbocycles. The highest BCUT2D eigenvalue weighted by Crippen LogP contribution is 2.40. The van der Waals surface area contributed by atoms with Gasteiger partial charge in [-0.2, -0.15) is 13.5 Å². The molecule has 10 heteroatoms. The number of H-pyrrole nitrogens is 1. The predicted molar refractivity (Wildman–Crippen MR) is 128 cm³/mol. The summed E-state index contributed by atoms with van der Waals surface area (Å²) in [6.07, 6.45) is 5.69. The molecule has 4 heterocycles. The Morgan fingerprint density at radius 1 is 1.09 bits per heavy atom. The second-order valence-electron chi connectivity index (χ2n) is 7.91. The topological polar surface area (TPSA) is 108 Å². The van der Waals surface area contributed by atoms with Crippen LogP contribution in [0.25, 0.3) is 44.5 Å². The van der Waals surface area contributed by atoms with Crippen LogP contribution in [0.1, 0.15) is 26.8 Å². The molecule has 33 heavy (non-hydrogen) atoms. The van der Waals surface area contributed by atoms with E-state index in [2.05, 4.69) is 34.1 Å². The maximum absolute atomic E-state index is 13.0. The van der Waals surface area contributed by atoms with Gasteiger partial charge in [-0.3, -0.25) is 13.8 Å². The molecule has 0 saturated carbocycles. The largest absolute Gasteiger partial charge is 0.339 e. The van der Waals surface area contributed by atoms with Crippen molar-refractivity contribution in [1.82, 2.24) is 28.9 Å². The smallest absolute Gasteiger partial charge is 0.335 e. The van der Waals surface area contributed by atoms with Crippen molar-refractivity contribution >= 4 is 33.6 Å². The van der Waals surface area contributed by atoms with Crippen LogP contribution in [0.3, 0.4) is 0 Å². The Balaban J connectivity index is 0.000000821. The summed E-state index contributed by atoms with van der Waals surface area (Å²) < 4.78 is 22.0. The van der Waals surface area contributed by atoms with Gasteiger partial charge in [0.2, 0.25) is 0 Å². The van der Waals surface area contributed by atoms with Crippen LogP contribution < -0.4 is 5.69 Å². The highest BCUT2D eigenvalue weighted by Gasteiger charge is 2.24. The van der Waals surface area contributed by atoms with Gasteiger partial charge in [-0.1, -0.05) is 30.3 Å². The number of nitrogens with zero attached hydrogens (tertiary/aromatic N) is 5. The number of aromatic nitrogens is 6. The third kappa shape index (κ3) is 3.72. The van der Waals surface area contributed by atoms with Crippen molar-refractivity contribution in [2.75, 3.05) is 0 Å². The lowest BCUT2D eigenvalue weighted by atomic mass is 9.99. The average molecular weight is 465 g/mol. The zero-order chi connectivity index (χ0) is 23.7. The summed E-state index contributed by atoms with van der Waals surface area (Å²) in [5.74, 6) is 0. The second kappa shape index (κ2) is 8.99. The first-order chi connectivity index (χ1) is 15.9. The van der Waals surface area contributed by atoms with Crippen LogP contribution in [-0.4, -0.2) is 37.3 Å². The van der Waals surface area contributed by atoms with Gasteiger partial charge in [0.25, 0.3) is 0 Å². The number of pyridine rings is 1. The molecule has 1 N–H and O–H groups in total. The van der Waals surface area contributed by atoms with Crippen LogP contribution in [0.2, 0.25) is 0 Å². The van der Waals surface area contributed by atoms with Crippen molar-refractivity contribution in [2.24, 2.45) is 7.05 Å². The second-order valence-corrected chi connectivity index (χ2v) is 8.05. The average Bonchev–Trinajstić information content (AvgIpc) is 3.49. The van der Waals surface area contributed by atoms with E-state index >= 15 is 0 Å². The van der Waals surface area contributed by atoms with Gasteiger partial charge >= 0.3 is 17.3 Å². The summed E-state index contributed by atoms with van der Waals surface area (Å²) in [5.41, 5.74) is 6.54. The number of nitrogens with one attached hydrogen (secondary N) is 1. The highest BCUT2D eigenvalue weighted by atomic mass is 32.1. The molecule has 5 rings (SSSR count). The fourth-order valence-corrected chi connectivity index (χ4v) is 4.23. The molecule has 170 valence electrons. The molecule has 0 radical (unpaired) electrons. The molecule has 0 bridgehead atoms. The van der Waals surface area contributed by atoms with Crippen LogP contribution >= 0.6 is 0 Å². The van der Waals surface area contributed by atoms with E-state index in [0.29, 0.717) is 0 Å². The van der Waals surface area contributed by atoms with Crippen LogP contribution in [-0.2, 0) is 25.2 Å². The van der Waals surface area contributed by atoms with Crippen molar-refractivity contribution in [3.05, 3.63) is 59.4 Å². The van der Waals surface area contributed by atoms with Gasteiger partial charge in [0.1, 0.15) is 5.65 Å². The van der Waals surface area contributed by atoms with Crippen LogP contribution in [0.4, 0.5) is 0 Å². The Morgan fingerprint density at radius 2 is 1.79 bits per heavy atom. The van der Waals surface area contributed by atoms with Gasteiger partial charge in [-0.25, -0.2) is 9.78 Å². The molecule has 9 nitrogen and oxygen atoms in total. The van der Waals surface area contributed by atoms with Gasteiger partial charge in [-0.05, 0) is 26.3 Å². The number of fused-ring (bicyclic) bond motifs is 3. The molecule has 0 saturated heterocycles. The van der Waals surface area contributed by atoms with Crippen molar-refractivity contribution < 1.29 is 8.42 Å². The zero-order valence-corrected chi connectivity index (χ0v) is 19.6. The summed E-state index contributed by atoms with van der Waals surface area (Å²) in [6, 6.07) is 10.3. The van der Waals surface area contributed by atoms with Crippen LogP contribution in [0, 0.1) is 0 Å². The van der Waals surface area contributed by atoms with E-state index in [9.17, 15) is 4.79 Å². The summed E-state index contributed by atoms with van der Waals surface area (Å²) >= 11 is -0.750. The minimum atomic E-state index is -0.750. The summed E-state index contributed by atoms with van der Waals surface area (Å²) in [4.78, 5) is 21.2. The number of aromatic amines is 1. The monoisotopic (exact) mass is 464 g/mol. The number of aryl methyl sites for hydroxylation is 2. The molecule has 0 amide bonds. The van der Waals surface area contributed by atoms with E-state index in [0.717, 1.165) is 51.0 Å². The summed E-state index contributed by atoms with van der Waals surface area (Å²) in [6.45, 7) is 6.94. The fourth-order valence-electron chi connectivity index (χ4n) is 4.23. The minimum Gasteiger partial charge on any atom is -0.339 e. The van der Waals surface area contributed by atoms with Gasteiger partial charge in [-0.15, -0.1) is 0 Å². The lowest BCUT2D eigenvalue weighted by Gasteiger charge is -2.09. The molecule has 0 spiro atoms. The molecule has 1 aromatic carbocycles. The number of imidazole rings is 1. The molecule has 4 aromatic heterocycles. The van der Waals surface area contributed by atoms with E-state index in [-0.39, 0.29) is 11.7 Å². The zero-order valence-electron chi connectivity index (χ0n) is 18.8. The first kappa shape index (κ1) is 22.4. The van der Waals surface area contributed by atoms with E-state index in [1.807, 2.05) is 53.7 Å². The third-order valence-electron chi connectivity index (χ3n) is 5.70. The number of benzene rings is 1. The van der Waals surface area contributed by atoms with E-state index in [4.69, 9.17) is 8.42 Å². The minimum absolute atomic E-state index is 0.0246. The first-order valence-corrected chi connectivity index (χ1v) is 11.2. The van der Waals surface area contributed by atoms with Crippen molar-refractivity contribution in [1.29, 1.82) is 0 Å². The molecule has 0 fully saturated rings. The molecule has 0 aliphatic rings. The molecule has 5 aromatic rings. The Hall–Kier alpha value is -3.79. The molecule has 0 aliphatic heterocycles.